The zero-order chi connectivity index (χ0) is 29.1. The monoisotopic (exact) mass is 568 g/mol. The Bertz CT molecular complexity index is 1640. The van der Waals surface area contributed by atoms with Crippen LogP contribution in [0, 0.1) is 12.7 Å². The van der Waals surface area contributed by atoms with Crippen molar-refractivity contribution in [3.8, 4) is 22.6 Å². The van der Waals surface area contributed by atoms with Gasteiger partial charge < -0.3 is 29.7 Å². The minimum absolute atomic E-state index is 0.199. The summed E-state index contributed by atoms with van der Waals surface area (Å²) in [5.41, 5.74) is 5.15. The van der Waals surface area contributed by atoms with Gasteiger partial charge in [0.1, 0.15) is 5.82 Å². The highest BCUT2D eigenvalue weighted by molar-refractivity contribution is 6.05. The van der Waals surface area contributed by atoms with Crippen molar-refractivity contribution in [3.63, 3.8) is 0 Å². The molecular formula is C32H29FN4O5. The van der Waals surface area contributed by atoms with Crippen molar-refractivity contribution in [2.24, 2.45) is 0 Å². The van der Waals surface area contributed by atoms with Crippen LogP contribution in [0.5, 0.6) is 11.5 Å². The topological polar surface area (TPSA) is 102 Å². The molecule has 1 aromatic heterocycles. The fourth-order valence-corrected chi connectivity index (χ4v) is 4.94. The Kier molecular flexibility index (Phi) is 7.70. The number of fused-ring (bicyclic) bond motifs is 1. The van der Waals surface area contributed by atoms with Crippen molar-refractivity contribution in [3.05, 3.63) is 101 Å². The summed E-state index contributed by atoms with van der Waals surface area (Å²) >= 11 is 0. The normalized spacial score (nSPS) is 14.0. The lowest BCUT2D eigenvalue weighted by molar-refractivity contribution is 0.0950. The quantitative estimate of drug-likeness (QED) is 0.326. The van der Waals surface area contributed by atoms with Gasteiger partial charge in [-0.15, -0.1) is 0 Å². The maximum absolute atomic E-state index is 14.4. The number of halogens is 1. The molecule has 1 saturated heterocycles. The number of nitrogens with zero attached hydrogens (tertiary/aromatic N) is 2. The van der Waals surface area contributed by atoms with Gasteiger partial charge >= 0.3 is 0 Å². The summed E-state index contributed by atoms with van der Waals surface area (Å²) in [7, 11) is 0. The predicted molar refractivity (Wildman–Crippen MR) is 156 cm³/mol. The largest absolute Gasteiger partial charge is 0.454 e. The third-order valence-corrected chi connectivity index (χ3v) is 7.21. The number of benzene rings is 3. The van der Waals surface area contributed by atoms with Gasteiger partial charge in [-0.05, 0) is 66.6 Å². The lowest BCUT2D eigenvalue weighted by Crippen LogP contribution is -2.36. The van der Waals surface area contributed by atoms with Crippen LogP contribution in [0.3, 0.4) is 0 Å². The molecule has 3 heterocycles. The highest BCUT2D eigenvalue weighted by atomic mass is 19.1. The van der Waals surface area contributed by atoms with E-state index in [2.05, 4.69) is 15.6 Å². The summed E-state index contributed by atoms with van der Waals surface area (Å²) < 4.78 is 30.5. The highest BCUT2D eigenvalue weighted by Crippen LogP contribution is 2.32. The van der Waals surface area contributed by atoms with Crippen molar-refractivity contribution < 1.29 is 28.2 Å². The number of pyridine rings is 1. The van der Waals surface area contributed by atoms with Gasteiger partial charge in [0.25, 0.3) is 11.8 Å². The van der Waals surface area contributed by atoms with Crippen molar-refractivity contribution in [1.82, 2.24) is 10.3 Å². The molecule has 42 heavy (non-hydrogen) atoms. The van der Waals surface area contributed by atoms with E-state index in [1.165, 1.54) is 12.1 Å². The second-order valence-corrected chi connectivity index (χ2v) is 10.1. The first kappa shape index (κ1) is 27.2. The molecule has 0 atom stereocenters. The first-order valence-electron chi connectivity index (χ1n) is 13.6. The standard InChI is InChI=1S/C32H29FN4O5/c1-20-28(22-3-5-23(6-4-22)31(38)35-17-21-2-7-29-30(12-21)42-19-41-29)16-26(18-34-20)36-32(39)24-13-25(33)15-27(14-24)37-8-10-40-11-9-37/h2-7,12-16,18H,8-11,17,19H2,1H3,(H,35,38)(H,36,39). The minimum Gasteiger partial charge on any atom is -0.454 e. The Morgan fingerprint density at radius 2 is 1.69 bits per heavy atom. The van der Waals surface area contributed by atoms with Gasteiger partial charge in [0, 0.05) is 47.7 Å². The minimum atomic E-state index is -0.480. The molecule has 0 aliphatic carbocycles. The molecule has 2 amide bonds. The number of aromatic nitrogens is 1. The molecular weight excluding hydrogens is 539 g/mol. The van der Waals surface area contributed by atoms with Crippen molar-refractivity contribution in [2.45, 2.75) is 13.5 Å². The summed E-state index contributed by atoms with van der Waals surface area (Å²) in [4.78, 5) is 32.3. The van der Waals surface area contributed by atoms with Gasteiger partial charge in [0.05, 0.1) is 25.1 Å². The molecule has 2 N–H and O–H groups in total. The molecule has 2 aliphatic heterocycles. The number of carbonyl (C=O) groups excluding carboxylic acids is 2. The van der Waals surface area contributed by atoms with Crippen molar-refractivity contribution in [2.75, 3.05) is 43.3 Å². The number of hydrogen-bond acceptors (Lipinski definition) is 7. The summed E-state index contributed by atoms with van der Waals surface area (Å²) in [6.45, 7) is 4.80. The van der Waals surface area contributed by atoms with E-state index in [0.717, 1.165) is 22.4 Å². The number of anilines is 2. The zero-order valence-electron chi connectivity index (χ0n) is 23.0. The van der Waals surface area contributed by atoms with Crippen LogP contribution in [0.25, 0.3) is 11.1 Å². The van der Waals surface area contributed by atoms with E-state index >= 15 is 0 Å². The lowest BCUT2D eigenvalue weighted by Gasteiger charge is -2.29. The molecule has 4 aromatic rings. The molecule has 0 bridgehead atoms. The van der Waals surface area contributed by atoms with E-state index < -0.39 is 11.7 Å². The molecule has 6 rings (SSSR count). The highest BCUT2D eigenvalue weighted by Gasteiger charge is 2.17. The van der Waals surface area contributed by atoms with Crippen molar-refractivity contribution in [1.29, 1.82) is 0 Å². The average molecular weight is 569 g/mol. The number of nitrogens with one attached hydrogen (secondary N) is 2. The Morgan fingerprint density at radius 3 is 2.50 bits per heavy atom. The summed E-state index contributed by atoms with van der Waals surface area (Å²) in [6.07, 6.45) is 1.57. The van der Waals surface area contributed by atoms with Gasteiger partial charge in [-0.1, -0.05) is 18.2 Å². The van der Waals surface area contributed by atoms with E-state index in [0.29, 0.717) is 61.3 Å². The maximum Gasteiger partial charge on any atom is 0.255 e. The summed E-state index contributed by atoms with van der Waals surface area (Å²) in [6, 6.07) is 18.9. The van der Waals surface area contributed by atoms with Gasteiger partial charge in [-0.25, -0.2) is 4.39 Å². The average Bonchev–Trinajstić information content (AvgIpc) is 3.49. The van der Waals surface area contributed by atoms with Crippen LogP contribution in [0.1, 0.15) is 32.0 Å². The van der Waals surface area contributed by atoms with Crippen LogP contribution >= 0.6 is 0 Å². The second-order valence-electron chi connectivity index (χ2n) is 10.1. The molecule has 214 valence electrons. The van der Waals surface area contributed by atoms with Crippen LogP contribution in [0.2, 0.25) is 0 Å². The van der Waals surface area contributed by atoms with E-state index in [1.54, 1.807) is 24.4 Å². The van der Waals surface area contributed by atoms with Crippen LogP contribution in [-0.4, -0.2) is 49.9 Å². The Hall–Kier alpha value is -4.96. The zero-order valence-corrected chi connectivity index (χ0v) is 23.0. The van der Waals surface area contributed by atoms with Gasteiger partial charge in [-0.2, -0.15) is 0 Å². The van der Waals surface area contributed by atoms with Crippen LogP contribution in [0.15, 0.2) is 72.9 Å². The molecule has 10 heteroatoms. The number of morpholine rings is 1. The summed E-state index contributed by atoms with van der Waals surface area (Å²) in [5, 5.41) is 5.76. The fraction of sp³-hybridized carbons (Fsp3) is 0.219. The van der Waals surface area contributed by atoms with Gasteiger partial charge in [0.2, 0.25) is 6.79 Å². The third-order valence-electron chi connectivity index (χ3n) is 7.21. The number of aryl methyl sites for hydroxylation is 1. The first-order valence-corrected chi connectivity index (χ1v) is 13.6. The molecule has 0 spiro atoms. The van der Waals surface area contributed by atoms with E-state index in [4.69, 9.17) is 14.2 Å². The molecule has 3 aromatic carbocycles. The van der Waals surface area contributed by atoms with E-state index in [-0.39, 0.29) is 18.3 Å². The number of rotatable bonds is 7. The molecule has 1 fully saturated rings. The molecule has 2 aliphatic rings. The molecule has 9 nitrogen and oxygen atoms in total. The Morgan fingerprint density at radius 1 is 0.905 bits per heavy atom. The third kappa shape index (κ3) is 6.03. The SMILES string of the molecule is Cc1ncc(NC(=O)c2cc(F)cc(N3CCOCC3)c2)cc1-c1ccc(C(=O)NCc2ccc3c(c2)OCO3)cc1. The molecule has 0 radical (unpaired) electrons. The van der Waals surface area contributed by atoms with E-state index in [1.807, 2.05) is 48.2 Å². The number of carbonyl (C=O) groups is 2. The number of ether oxygens (including phenoxy) is 3. The van der Waals surface area contributed by atoms with Crippen LogP contribution < -0.4 is 25.0 Å². The fourth-order valence-electron chi connectivity index (χ4n) is 4.94. The predicted octanol–water partition coefficient (Wildman–Crippen LogP) is 4.94. The van der Waals surface area contributed by atoms with E-state index in [9.17, 15) is 14.0 Å². The van der Waals surface area contributed by atoms with Gasteiger partial charge in [0.15, 0.2) is 11.5 Å². The summed E-state index contributed by atoms with van der Waals surface area (Å²) in [5.74, 6) is 0.242. The number of amides is 2. The molecule has 0 saturated carbocycles. The van der Waals surface area contributed by atoms with Crippen LogP contribution in [-0.2, 0) is 11.3 Å². The maximum atomic E-state index is 14.4. The smallest absolute Gasteiger partial charge is 0.255 e. The second kappa shape index (κ2) is 11.9. The van der Waals surface area contributed by atoms with Crippen molar-refractivity contribution >= 4 is 23.2 Å². The van der Waals surface area contributed by atoms with Gasteiger partial charge in [-0.3, -0.25) is 14.6 Å². The first-order chi connectivity index (χ1) is 20.4. The lowest BCUT2D eigenvalue weighted by atomic mass is 10.0. The molecule has 0 unspecified atom stereocenters. The number of hydrogen-bond donors (Lipinski definition) is 2. The van der Waals surface area contributed by atoms with Crippen LogP contribution in [0.4, 0.5) is 15.8 Å². The Labute approximate surface area is 242 Å². The Balaban J connectivity index is 1.12.